The Morgan fingerprint density at radius 3 is 2.38 bits per heavy atom. The molecule has 1 heterocycles. The fraction of sp³-hybridized carbons (Fsp3) is 0.192. The molecule has 3 N–H and O–H groups in total. The smallest absolute Gasteiger partial charge is 0.270 e. The molecule has 0 aliphatic carbocycles. The van der Waals surface area contributed by atoms with E-state index in [2.05, 4.69) is 15.4 Å². The van der Waals surface area contributed by atoms with E-state index in [-0.39, 0.29) is 16.2 Å². The average Bonchev–Trinajstić information content (AvgIpc) is 3.20. The second kappa shape index (κ2) is 10.9. The number of rotatable bonds is 10. The molecule has 0 bridgehead atoms. The Hall–Kier alpha value is -4.06. The monoisotopic (exact) mass is 521 g/mol. The molecular formula is C26H27N5O5S. The van der Waals surface area contributed by atoms with Crippen LogP contribution in [0.4, 0.5) is 17.1 Å². The highest BCUT2D eigenvalue weighted by Gasteiger charge is 2.30. The van der Waals surface area contributed by atoms with Crippen molar-refractivity contribution in [2.75, 3.05) is 37.8 Å². The normalized spacial score (nSPS) is 14.3. The minimum atomic E-state index is -3.67. The van der Waals surface area contributed by atoms with Crippen LogP contribution in [0.1, 0.15) is 17.5 Å². The Balaban J connectivity index is 1.67. The first-order chi connectivity index (χ1) is 17.7. The summed E-state index contributed by atoms with van der Waals surface area (Å²) in [6.07, 6.45) is 0.682. The van der Waals surface area contributed by atoms with Crippen LogP contribution < -0.4 is 15.4 Å². The number of nitrogens with zero attached hydrogens (tertiary/aromatic N) is 2. The number of hydrogen-bond donors (Lipinski definition) is 3. The average molecular weight is 522 g/mol. The van der Waals surface area contributed by atoms with E-state index in [0.29, 0.717) is 41.2 Å². The van der Waals surface area contributed by atoms with Gasteiger partial charge >= 0.3 is 0 Å². The van der Waals surface area contributed by atoms with Gasteiger partial charge in [0.15, 0.2) is 0 Å². The highest BCUT2D eigenvalue weighted by Crippen LogP contribution is 2.39. The third kappa shape index (κ3) is 6.02. The van der Waals surface area contributed by atoms with Crippen molar-refractivity contribution in [1.82, 2.24) is 9.62 Å². The Labute approximate surface area is 215 Å². The molecule has 192 valence electrons. The molecule has 1 aliphatic heterocycles. The third-order valence-electron chi connectivity index (χ3n) is 5.78. The minimum absolute atomic E-state index is 0.122. The number of non-ortho nitro benzene ring substituents is 1. The maximum atomic E-state index is 13.0. The number of benzene rings is 3. The molecule has 10 nitrogen and oxygen atoms in total. The lowest BCUT2D eigenvalue weighted by Crippen LogP contribution is -2.27. The van der Waals surface area contributed by atoms with Crippen LogP contribution in [-0.2, 0) is 14.8 Å². The van der Waals surface area contributed by atoms with Crippen molar-refractivity contribution in [3.8, 4) is 0 Å². The molecule has 4 rings (SSSR count). The van der Waals surface area contributed by atoms with Crippen molar-refractivity contribution in [2.24, 2.45) is 0 Å². The minimum Gasteiger partial charge on any atom is -0.354 e. The molecular weight excluding hydrogens is 494 g/mol. The second-order valence-corrected chi connectivity index (χ2v) is 10.5. The van der Waals surface area contributed by atoms with Crippen molar-refractivity contribution < 1.29 is 18.1 Å². The molecule has 3 aromatic carbocycles. The second-order valence-electron chi connectivity index (χ2n) is 8.76. The molecule has 11 heteroatoms. The van der Waals surface area contributed by atoms with Crippen LogP contribution in [0.5, 0.6) is 0 Å². The van der Waals surface area contributed by atoms with Gasteiger partial charge in [0.1, 0.15) is 0 Å². The van der Waals surface area contributed by atoms with Crippen molar-refractivity contribution in [3.63, 3.8) is 0 Å². The summed E-state index contributed by atoms with van der Waals surface area (Å²) in [4.78, 5) is 26.0. The summed E-state index contributed by atoms with van der Waals surface area (Å²) in [5, 5.41) is 17.3. The number of carbonyl (C=O) groups excluding carboxylic acids is 1. The number of nitrogens with one attached hydrogen (secondary N) is 3. The van der Waals surface area contributed by atoms with E-state index in [1.54, 1.807) is 12.1 Å². The number of sulfonamides is 1. The summed E-state index contributed by atoms with van der Waals surface area (Å²) in [6.45, 7) is 1.09. The van der Waals surface area contributed by atoms with Crippen molar-refractivity contribution >= 4 is 44.3 Å². The first-order valence-corrected chi connectivity index (χ1v) is 13.1. The van der Waals surface area contributed by atoms with Crippen LogP contribution in [0.25, 0.3) is 11.3 Å². The van der Waals surface area contributed by atoms with E-state index in [1.165, 1.54) is 30.3 Å². The Kier molecular flexibility index (Phi) is 7.67. The van der Waals surface area contributed by atoms with Crippen LogP contribution in [0.15, 0.2) is 77.7 Å². The molecule has 0 saturated heterocycles. The summed E-state index contributed by atoms with van der Waals surface area (Å²) in [5.74, 6) is -0.400. The largest absolute Gasteiger partial charge is 0.354 e. The van der Waals surface area contributed by atoms with Gasteiger partial charge in [0.25, 0.3) is 11.6 Å². The van der Waals surface area contributed by atoms with Gasteiger partial charge in [-0.2, -0.15) is 0 Å². The lowest BCUT2D eigenvalue weighted by molar-refractivity contribution is -0.384. The summed E-state index contributed by atoms with van der Waals surface area (Å²) < 4.78 is 27.9. The number of nitro benzene ring substituents is 1. The molecule has 0 aromatic heterocycles. The molecule has 1 aliphatic rings. The van der Waals surface area contributed by atoms with Gasteiger partial charge in [-0.25, -0.2) is 13.1 Å². The topological polar surface area (TPSA) is 134 Å². The molecule has 37 heavy (non-hydrogen) atoms. The SMILES string of the molecule is CN(C)CCCNS(=O)(=O)c1ccc(N/C(=C2\C(=O)Nc3ccc([N+](=O)[O-])cc32)c2ccccc2)cc1. The third-order valence-corrected chi connectivity index (χ3v) is 7.26. The Morgan fingerprint density at radius 2 is 1.73 bits per heavy atom. The number of fused-ring (bicyclic) bond motifs is 1. The molecule has 0 radical (unpaired) electrons. The van der Waals surface area contributed by atoms with E-state index in [4.69, 9.17) is 0 Å². The van der Waals surface area contributed by atoms with Crippen molar-refractivity contribution in [2.45, 2.75) is 11.3 Å². The van der Waals surface area contributed by atoms with Gasteiger partial charge < -0.3 is 15.5 Å². The van der Waals surface area contributed by atoms with Crippen LogP contribution in [0.3, 0.4) is 0 Å². The predicted molar refractivity (Wildman–Crippen MR) is 143 cm³/mol. The molecule has 3 aromatic rings. The molecule has 0 saturated carbocycles. The van der Waals surface area contributed by atoms with Gasteiger partial charge in [0.2, 0.25) is 10.0 Å². The van der Waals surface area contributed by atoms with Gasteiger partial charge in [0, 0.05) is 35.6 Å². The quantitative estimate of drug-likeness (QED) is 0.160. The van der Waals surface area contributed by atoms with E-state index in [0.717, 1.165) is 6.54 Å². The number of hydrogen-bond acceptors (Lipinski definition) is 7. The summed E-state index contributed by atoms with van der Waals surface area (Å²) in [5.41, 5.74) is 2.68. The molecule has 0 spiro atoms. The zero-order valence-electron chi connectivity index (χ0n) is 20.4. The van der Waals surface area contributed by atoms with Crippen molar-refractivity contribution in [3.05, 3.63) is 94.0 Å². The van der Waals surface area contributed by atoms with Crippen LogP contribution in [0, 0.1) is 10.1 Å². The molecule has 0 atom stereocenters. The highest BCUT2D eigenvalue weighted by atomic mass is 32.2. The zero-order chi connectivity index (χ0) is 26.6. The predicted octanol–water partition coefficient (Wildman–Crippen LogP) is 3.76. The fourth-order valence-electron chi connectivity index (χ4n) is 3.95. The van der Waals surface area contributed by atoms with Gasteiger partial charge in [0.05, 0.1) is 21.1 Å². The van der Waals surface area contributed by atoms with Gasteiger partial charge in [-0.15, -0.1) is 0 Å². The van der Waals surface area contributed by atoms with Crippen molar-refractivity contribution in [1.29, 1.82) is 0 Å². The standard InChI is InChI=1S/C26H27N5O5S/c1-30(2)16-6-15-27-37(35,36)21-12-9-19(10-13-21)28-25(18-7-4-3-5-8-18)24-22-17-20(31(33)34)11-14-23(22)29-26(24)32/h3-5,7-14,17,27-28H,6,15-16H2,1-2H3,(H,29,32)/b25-24-. The molecule has 0 fully saturated rings. The van der Waals surface area contributed by atoms with Gasteiger partial charge in [-0.3, -0.25) is 14.9 Å². The summed E-state index contributed by atoms with van der Waals surface area (Å²) >= 11 is 0. The lowest BCUT2D eigenvalue weighted by Gasteiger charge is -2.15. The summed E-state index contributed by atoms with van der Waals surface area (Å²) in [6, 6.07) is 19.5. The van der Waals surface area contributed by atoms with Gasteiger partial charge in [-0.1, -0.05) is 30.3 Å². The lowest BCUT2D eigenvalue weighted by atomic mass is 9.99. The van der Waals surface area contributed by atoms with Crippen LogP contribution in [-0.4, -0.2) is 51.3 Å². The number of anilines is 2. The maximum absolute atomic E-state index is 13.0. The first-order valence-electron chi connectivity index (χ1n) is 11.6. The van der Waals surface area contributed by atoms with Crippen LogP contribution in [0.2, 0.25) is 0 Å². The number of carbonyl (C=O) groups is 1. The number of amides is 1. The Morgan fingerprint density at radius 1 is 1.03 bits per heavy atom. The Bertz CT molecular complexity index is 1450. The first kappa shape index (κ1) is 26.0. The zero-order valence-corrected chi connectivity index (χ0v) is 21.2. The fourth-order valence-corrected chi connectivity index (χ4v) is 5.02. The van der Waals surface area contributed by atoms with Crippen LogP contribution >= 0.6 is 0 Å². The van der Waals surface area contributed by atoms with E-state index < -0.39 is 20.9 Å². The van der Waals surface area contributed by atoms with Gasteiger partial charge in [-0.05, 0) is 63.0 Å². The molecule has 1 amide bonds. The van der Waals surface area contributed by atoms with E-state index in [1.807, 2.05) is 49.3 Å². The molecule has 0 unspecified atom stereocenters. The number of nitro groups is 1. The maximum Gasteiger partial charge on any atom is 0.270 e. The van der Waals surface area contributed by atoms with E-state index >= 15 is 0 Å². The highest BCUT2D eigenvalue weighted by molar-refractivity contribution is 7.89. The summed E-state index contributed by atoms with van der Waals surface area (Å²) in [7, 11) is 0.181. The van der Waals surface area contributed by atoms with E-state index in [9.17, 15) is 23.3 Å².